The fraction of sp³-hybridized carbons (Fsp3) is 0.0323. The maximum absolute atomic E-state index is 13.7. The van der Waals surface area contributed by atoms with Crippen LogP contribution in [0.3, 0.4) is 0 Å². The number of hydrogen-bond donors (Lipinski definition) is 2. The zero-order chi connectivity index (χ0) is 26.4. The van der Waals surface area contributed by atoms with E-state index >= 15 is 0 Å². The van der Waals surface area contributed by atoms with Gasteiger partial charge in [0, 0.05) is 40.1 Å². The number of H-pyrrole nitrogens is 1. The lowest BCUT2D eigenvalue weighted by Gasteiger charge is -2.26. The predicted molar refractivity (Wildman–Crippen MR) is 144 cm³/mol. The predicted octanol–water partition coefficient (Wildman–Crippen LogP) is 6.61. The van der Waals surface area contributed by atoms with Gasteiger partial charge in [0.25, 0.3) is 5.69 Å². The molecule has 184 valence electrons. The average molecular weight is 501 g/mol. The van der Waals surface area contributed by atoms with Crippen molar-refractivity contribution in [3.63, 3.8) is 0 Å². The average Bonchev–Trinajstić information content (AvgIpc) is 3.34. The Morgan fingerprint density at radius 3 is 2.08 bits per heavy atom. The van der Waals surface area contributed by atoms with Gasteiger partial charge in [-0.15, -0.1) is 0 Å². The second-order valence-corrected chi connectivity index (χ2v) is 9.07. The van der Waals surface area contributed by atoms with Crippen molar-refractivity contribution in [2.45, 2.75) is 5.92 Å². The Bertz CT molecular complexity index is 1780. The van der Waals surface area contributed by atoms with Crippen LogP contribution >= 0.6 is 0 Å². The quantitative estimate of drug-likeness (QED) is 0.160. The highest BCUT2D eigenvalue weighted by Gasteiger charge is 2.40. The number of non-ortho nitro benzene ring substituents is 1. The lowest BCUT2D eigenvalue weighted by Crippen LogP contribution is -2.28. The zero-order valence-electron chi connectivity index (χ0n) is 19.9. The normalized spacial score (nSPS) is 14.0. The van der Waals surface area contributed by atoms with Crippen LogP contribution < -0.4 is 0 Å². The van der Waals surface area contributed by atoms with Crippen molar-refractivity contribution in [1.82, 2.24) is 4.98 Å². The Labute approximate surface area is 216 Å². The maximum Gasteiger partial charge on any atom is 0.269 e. The van der Waals surface area contributed by atoms with Crippen molar-refractivity contribution >= 4 is 33.9 Å². The summed E-state index contributed by atoms with van der Waals surface area (Å²) in [6.07, 6.45) is 0. The molecule has 1 atom stereocenters. The number of rotatable bonds is 5. The molecule has 0 aliphatic heterocycles. The number of aromatic amines is 1. The standard InChI is InChI=1S/C31H20N2O5/c34-29-21-10-4-5-11-22(21)30(35)31(36)27(29)25(18-14-16-20(17-15-18)33(37)38)26-23-12-6-7-13-24(23)32-28(26)19-8-2-1-3-9-19/h1-17,25,32,34H. The van der Waals surface area contributed by atoms with Gasteiger partial charge in [-0.3, -0.25) is 19.7 Å². The van der Waals surface area contributed by atoms with Gasteiger partial charge in [0.15, 0.2) is 0 Å². The fourth-order valence-corrected chi connectivity index (χ4v) is 5.21. The molecule has 0 amide bonds. The van der Waals surface area contributed by atoms with Gasteiger partial charge in [0.05, 0.1) is 16.2 Å². The number of aliphatic hydroxyl groups is 1. The third-order valence-corrected chi connectivity index (χ3v) is 6.96. The first kappa shape index (κ1) is 23.1. The molecule has 4 aromatic carbocycles. The Morgan fingerprint density at radius 1 is 0.737 bits per heavy atom. The lowest BCUT2D eigenvalue weighted by molar-refractivity contribution is -0.384. The van der Waals surface area contributed by atoms with E-state index in [1.807, 2.05) is 54.6 Å². The van der Waals surface area contributed by atoms with Gasteiger partial charge in [-0.25, -0.2) is 0 Å². The van der Waals surface area contributed by atoms with Gasteiger partial charge in [0.1, 0.15) is 5.76 Å². The minimum Gasteiger partial charge on any atom is -0.507 e. The molecule has 0 bridgehead atoms. The van der Waals surface area contributed by atoms with E-state index in [1.54, 1.807) is 30.3 Å². The molecule has 6 rings (SSSR count). The second kappa shape index (κ2) is 8.97. The molecule has 38 heavy (non-hydrogen) atoms. The smallest absolute Gasteiger partial charge is 0.269 e. The van der Waals surface area contributed by atoms with Crippen LogP contribution in [0.1, 0.15) is 33.0 Å². The summed E-state index contributed by atoms with van der Waals surface area (Å²) in [5, 5.41) is 23.7. The fourth-order valence-electron chi connectivity index (χ4n) is 5.21. The molecular weight excluding hydrogens is 480 g/mol. The van der Waals surface area contributed by atoms with E-state index in [1.165, 1.54) is 18.2 Å². The number of nitro benzene ring substituents is 1. The minimum atomic E-state index is -0.896. The number of ketones is 2. The van der Waals surface area contributed by atoms with E-state index in [4.69, 9.17) is 0 Å². The first-order valence-electron chi connectivity index (χ1n) is 12.0. The third kappa shape index (κ3) is 3.60. The number of nitrogens with zero attached hydrogens (tertiary/aromatic N) is 1. The molecule has 7 heteroatoms. The molecule has 1 aliphatic rings. The molecule has 5 aromatic rings. The van der Waals surface area contributed by atoms with Gasteiger partial charge in [-0.2, -0.15) is 0 Å². The number of nitrogens with one attached hydrogen (secondary N) is 1. The summed E-state index contributed by atoms with van der Waals surface area (Å²) in [7, 11) is 0. The Kier molecular flexibility index (Phi) is 5.46. The molecule has 0 spiro atoms. The van der Waals surface area contributed by atoms with Gasteiger partial charge in [0.2, 0.25) is 11.6 Å². The summed E-state index contributed by atoms with van der Waals surface area (Å²) < 4.78 is 0. The number of aliphatic hydroxyl groups excluding tert-OH is 1. The third-order valence-electron chi connectivity index (χ3n) is 6.96. The molecule has 1 heterocycles. The lowest BCUT2D eigenvalue weighted by atomic mass is 9.75. The van der Waals surface area contributed by atoms with Crippen LogP contribution in [0.15, 0.2) is 109 Å². The number of nitro groups is 1. The summed E-state index contributed by atoms with van der Waals surface area (Å²) in [6.45, 7) is 0. The number of hydrogen-bond acceptors (Lipinski definition) is 5. The van der Waals surface area contributed by atoms with Crippen LogP contribution in [-0.2, 0) is 4.79 Å². The Balaban J connectivity index is 1.71. The Hall–Kier alpha value is -5.30. The monoisotopic (exact) mass is 500 g/mol. The van der Waals surface area contributed by atoms with Crippen molar-refractivity contribution in [3.05, 3.63) is 141 Å². The maximum atomic E-state index is 13.7. The van der Waals surface area contributed by atoms with Gasteiger partial charge >= 0.3 is 0 Å². The summed E-state index contributed by atoms with van der Waals surface area (Å²) in [5.74, 6) is -2.69. The number of carbonyl (C=O) groups excluding carboxylic acids is 2. The van der Waals surface area contributed by atoms with Gasteiger partial charge in [-0.1, -0.05) is 84.9 Å². The van der Waals surface area contributed by atoms with Crippen LogP contribution in [0, 0.1) is 10.1 Å². The van der Waals surface area contributed by atoms with E-state index in [2.05, 4.69) is 4.98 Å². The van der Waals surface area contributed by atoms with E-state index < -0.39 is 22.4 Å². The molecule has 1 aromatic heterocycles. The largest absolute Gasteiger partial charge is 0.507 e. The van der Waals surface area contributed by atoms with Gasteiger partial charge < -0.3 is 10.1 Å². The number of Topliss-reactive ketones (excluding diaryl/α,β-unsaturated/α-hetero) is 2. The van der Waals surface area contributed by atoms with Crippen LogP contribution in [0.2, 0.25) is 0 Å². The minimum absolute atomic E-state index is 0.0653. The second-order valence-electron chi connectivity index (χ2n) is 9.07. The topological polar surface area (TPSA) is 113 Å². The van der Waals surface area contributed by atoms with Gasteiger partial charge in [-0.05, 0) is 22.8 Å². The number of carbonyl (C=O) groups is 2. The number of benzene rings is 4. The summed E-state index contributed by atoms with van der Waals surface area (Å²) >= 11 is 0. The molecular formula is C31H20N2O5. The molecule has 0 saturated heterocycles. The van der Waals surface area contributed by atoms with E-state index in [-0.39, 0.29) is 28.1 Å². The van der Waals surface area contributed by atoms with Crippen molar-refractivity contribution in [3.8, 4) is 11.3 Å². The van der Waals surface area contributed by atoms with Crippen molar-refractivity contribution in [2.75, 3.05) is 0 Å². The van der Waals surface area contributed by atoms with E-state index in [0.717, 1.165) is 22.2 Å². The van der Waals surface area contributed by atoms with Crippen LogP contribution in [0.5, 0.6) is 0 Å². The number of fused-ring (bicyclic) bond motifs is 2. The molecule has 0 saturated carbocycles. The molecule has 7 nitrogen and oxygen atoms in total. The van der Waals surface area contributed by atoms with Crippen molar-refractivity contribution in [2.24, 2.45) is 0 Å². The number of para-hydroxylation sites is 1. The first-order chi connectivity index (χ1) is 18.5. The molecule has 0 fully saturated rings. The van der Waals surface area contributed by atoms with E-state index in [0.29, 0.717) is 11.1 Å². The summed E-state index contributed by atoms with van der Waals surface area (Å²) in [5.41, 5.74) is 3.83. The highest BCUT2D eigenvalue weighted by atomic mass is 16.6. The summed E-state index contributed by atoms with van der Waals surface area (Å²) in [4.78, 5) is 41.2. The number of allylic oxidation sites excluding steroid dienone is 1. The van der Waals surface area contributed by atoms with Crippen LogP contribution in [0.25, 0.3) is 27.9 Å². The first-order valence-corrected chi connectivity index (χ1v) is 12.0. The highest BCUT2D eigenvalue weighted by Crippen LogP contribution is 2.46. The van der Waals surface area contributed by atoms with Crippen molar-refractivity contribution < 1.29 is 19.6 Å². The molecule has 2 N–H and O–H groups in total. The summed E-state index contributed by atoms with van der Waals surface area (Å²) in [6, 6.07) is 29.4. The van der Waals surface area contributed by atoms with Crippen LogP contribution in [-0.4, -0.2) is 26.6 Å². The number of aromatic nitrogens is 1. The SMILES string of the molecule is O=C1C(=O)c2ccccc2C(O)=C1C(c1ccc([N+](=O)[O-])cc1)c1c(-c2ccccc2)[nH]c2ccccc12. The molecule has 0 radical (unpaired) electrons. The highest BCUT2D eigenvalue weighted by molar-refractivity contribution is 6.52. The van der Waals surface area contributed by atoms with Crippen molar-refractivity contribution in [1.29, 1.82) is 0 Å². The van der Waals surface area contributed by atoms with Crippen LogP contribution in [0.4, 0.5) is 5.69 Å². The Morgan fingerprint density at radius 2 is 1.37 bits per heavy atom. The van der Waals surface area contributed by atoms with E-state index in [9.17, 15) is 24.8 Å². The molecule has 1 unspecified atom stereocenters. The molecule has 1 aliphatic carbocycles. The zero-order valence-corrected chi connectivity index (χ0v) is 19.9.